The summed E-state index contributed by atoms with van der Waals surface area (Å²) in [6.07, 6.45) is 0.829. The molecular weight excluding hydrogens is 270 g/mol. The summed E-state index contributed by atoms with van der Waals surface area (Å²) < 4.78 is 11.6. The number of nitrogens with two attached hydrogens (primary N) is 1. The molecule has 0 heterocycles. The van der Waals surface area contributed by atoms with Gasteiger partial charge >= 0.3 is 0 Å². The molecule has 0 atom stereocenters. The summed E-state index contributed by atoms with van der Waals surface area (Å²) in [5.41, 5.74) is 6.65. The van der Waals surface area contributed by atoms with E-state index < -0.39 is 0 Å². The molecule has 1 aromatic carbocycles. The van der Waals surface area contributed by atoms with Crippen molar-refractivity contribution in [2.75, 3.05) is 20.3 Å². The minimum absolute atomic E-state index is 0.419. The fourth-order valence-corrected chi connectivity index (χ4v) is 1.43. The molecule has 0 aliphatic rings. The highest BCUT2D eigenvalue weighted by Crippen LogP contribution is 2.28. The van der Waals surface area contributed by atoms with Crippen LogP contribution in [0.3, 0.4) is 0 Å². The minimum atomic E-state index is 0.419. The van der Waals surface area contributed by atoms with E-state index in [9.17, 15) is 0 Å². The summed E-state index contributed by atoms with van der Waals surface area (Å²) in [6.45, 7) is 4.76. The highest BCUT2D eigenvalue weighted by Gasteiger charge is 2.05. The topological polar surface area (TPSA) is 44.5 Å². The largest absolute Gasteiger partial charge is 0.493 e. The quantitative estimate of drug-likeness (QED) is 0.873. The summed E-state index contributed by atoms with van der Waals surface area (Å²) in [5.74, 6) is 1.43. The van der Waals surface area contributed by atoms with Gasteiger partial charge in [-0.3, -0.25) is 0 Å². The third-order valence-electron chi connectivity index (χ3n) is 2.05. The third kappa shape index (κ3) is 3.87. The molecule has 88 valence electrons. The molecule has 0 aliphatic heterocycles. The summed E-state index contributed by atoms with van der Waals surface area (Å²) in [5, 5.41) is 0. The standard InChI is InChI=1S/C12H16BrNO2/c1-9(13)8-16-12-7-10(5-6-14)3-4-11(12)15-2/h3-4,7H,1,5-6,8,14H2,2H3. The molecule has 4 heteroatoms. The Kier molecular flexibility index (Phi) is 5.35. The predicted molar refractivity (Wildman–Crippen MR) is 69.3 cm³/mol. The molecule has 0 spiro atoms. The van der Waals surface area contributed by atoms with Crippen LogP contribution in [0.25, 0.3) is 0 Å². The second kappa shape index (κ2) is 6.55. The van der Waals surface area contributed by atoms with Gasteiger partial charge in [0, 0.05) is 4.48 Å². The Morgan fingerprint density at radius 3 is 2.75 bits per heavy atom. The van der Waals surface area contributed by atoms with Gasteiger partial charge in [-0.1, -0.05) is 28.6 Å². The van der Waals surface area contributed by atoms with Crippen LogP contribution < -0.4 is 15.2 Å². The van der Waals surface area contributed by atoms with E-state index in [1.807, 2.05) is 18.2 Å². The molecule has 0 unspecified atom stereocenters. The van der Waals surface area contributed by atoms with E-state index in [4.69, 9.17) is 15.2 Å². The summed E-state index contributed by atoms with van der Waals surface area (Å²) >= 11 is 3.25. The van der Waals surface area contributed by atoms with Crippen molar-refractivity contribution < 1.29 is 9.47 Å². The van der Waals surface area contributed by atoms with Gasteiger partial charge in [0.2, 0.25) is 0 Å². The molecular formula is C12H16BrNO2. The van der Waals surface area contributed by atoms with Crippen molar-refractivity contribution in [1.29, 1.82) is 0 Å². The van der Waals surface area contributed by atoms with Crippen molar-refractivity contribution >= 4 is 15.9 Å². The predicted octanol–water partition coefficient (Wildman–Crippen LogP) is 2.48. The van der Waals surface area contributed by atoms with Crippen LogP contribution in [0, 0.1) is 0 Å². The number of hydrogen-bond acceptors (Lipinski definition) is 3. The Balaban J connectivity index is 2.83. The number of rotatable bonds is 6. The van der Waals surface area contributed by atoms with Crippen LogP contribution in [-0.2, 0) is 6.42 Å². The molecule has 0 saturated carbocycles. The monoisotopic (exact) mass is 285 g/mol. The van der Waals surface area contributed by atoms with Gasteiger partial charge in [0.05, 0.1) is 7.11 Å². The number of hydrogen-bond donors (Lipinski definition) is 1. The van der Waals surface area contributed by atoms with Crippen LogP contribution in [-0.4, -0.2) is 20.3 Å². The maximum atomic E-state index is 5.56. The molecule has 0 fully saturated rings. The van der Waals surface area contributed by atoms with Crippen LogP contribution in [0.2, 0.25) is 0 Å². The first kappa shape index (κ1) is 13.1. The third-order valence-corrected chi connectivity index (χ3v) is 2.27. The molecule has 0 radical (unpaired) electrons. The van der Waals surface area contributed by atoms with Crippen molar-refractivity contribution in [1.82, 2.24) is 0 Å². The van der Waals surface area contributed by atoms with Crippen molar-refractivity contribution in [3.8, 4) is 11.5 Å². The maximum absolute atomic E-state index is 5.56. The second-order valence-electron chi connectivity index (χ2n) is 3.33. The van der Waals surface area contributed by atoms with Gasteiger partial charge in [-0.25, -0.2) is 0 Å². The number of halogens is 1. The first-order chi connectivity index (χ1) is 7.67. The molecule has 0 aromatic heterocycles. The molecule has 16 heavy (non-hydrogen) atoms. The maximum Gasteiger partial charge on any atom is 0.161 e. The van der Waals surface area contributed by atoms with Crippen LogP contribution >= 0.6 is 15.9 Å². The van der Waals surface area contributed by atoms with Crippen molar-refractivity contribution in [3.05, 3.63) is 34.8 Å². The Labute approximate surface area is 104 Å². The smallest absolute Gasteiger partial charge is 0.161 e. The Bertz CT molecular complexity index is 366. The molecule has 0 saturated heterocycles. The van der Waals surface area contributed by atoms with Gasteiger partial charge in [0.25, 0.3) is 0 Å². The zero-order valence-electron chi connectivity index (χ0n) is 9.33. The van der Waals surface area contributed by atoms with E-state index in [1.54, 1.807) is 7.11 Å². The van der Waals surface area contributed by atoms with E-state index >= 15 is 0 Å². The van der Waals surface area contributed by atoms with Crippen molar-refractivity contribution in [2.45, 2.75) is 6.42 Å². The van der Waals surface area contributed by atoms with E-state index in [1.165, 1.54) is 0 Å². The zero-order chi connectivity index (χ0) is 12.0. The van der Waals surface area contributed by atoms with Crippen molar-refractivity contribution in [3.63, 3.8) is 0 Å². The average Bonchev–Trinajstić information content (AvgIpc) is 2.27. The lowest BCUT2D eigenvalue weighted by Gasteiger charge is -2.11. The molecule has 2 N–H and O–H groups in total. The first-order valence-electron chi connectivity index (χ1n) is 5.00. The summed E-state index contributed by atoms with van der Waals surface area (Å²) in [4.78, 5) is 0. The average molecular weight is 286 g/mol. The molecule has 0 amide bonds. The summed E-state index contributed by atoms with van der Waals surface area (Å²) in [7, 11) is 1.62. The normalized spacial score (nSPS) is 9.94. The van der Waals surface area contributed by atoms with E-state index in [0.717, 1.165) is 22.2 Å². The Morgan fingerprint density at radius 2 is 2.19 bits per heavy atom. The SMILES string of the molecule is C=C(Br)COc1cc(CCN)ccc1OC. The first-order valence-corrected chi connectivity index (χ1v) is 5.79. The molecule has 3 nitrogen and oxygen atoms in total. The van der Waals surface area contributed by atoms with E-state index in [0.29, 0.717) is 18.9 Å². The van der Waals surface area contributed by atoms with Gasteiger partial charge in [-0.15, -0.1) is 0 Å². The Morgan fingerprint density at radius 1 is 1.44 bits per heavy atom. The highest BCUT2D eigenvalue weighted by molar-refractivity contribution is 9.11. The molecule has 0 aliphatic carbocycles. The van der Waals surface area contributed by atoms with Crippen LogP contribution in [0.1, 0.15) is 5.56 Å². The lowest BCUT2D eigenvalue weighted by molar-refractivity contribution is 0.324. The fraction of sp³-hybridized carbons (Fsp3) is 0.333. The van der Waals surface area contributed by atoms with Gasteiger partial charge in [0.15, 0.2) is 11.5 Å². The van der Waals surface area contributed by atoms with Gasteiger partial charge in [-0.2, -0.15) is 0 Å². The zero-order valence-corrected chi connectivity index (χ0v) is 10.9. The van der Waals surface area contributed by atoms with E-state index in [2.05, 4.69) is 22.5 Å². The number of benzene rings is 1. The molecule has 1 aromatic rings. The van der Waals surface area contributed by atoms with Gasteiger partial charge in [0.1, 0.15) is 6.61 Å². The van der Waals surface area contributed by atoms with Crippen LogP contribution in [0.15, 0.2) is 29.3 Å². The number of ether oxygens (including phenoxy) is 2. The fourth-order valence-electron chi connectivity index (χ4n) is 1.31. The summed E-state index contributed by atoms with van der Waals surface area (Å²) in [6, 6.07) is 5.82. The molecule has 1 rings (SSSR count). The minimum Gasteiger partial charge on any atom is -0.493 e. The van der Waals surface area contributed by atoms with Gasteiger partial charge < -0.3 is 15.2 Å². The lowest BCUT2D eigenvalue weighted by atomic mass is 10.1. The lowest BCUT2D eigenvalue weighted by Crippen LogP contribution is -2.04. The highest BCUT2D eigenvalue weighted by atomic mass is 79.9. The molecule has 0 bridgehead atoms. The number of methoxy groups -OCH3 is 1. The van der Waals surface area contributed by atoms with Crippen LogP contribution in [0.5, 0.6) is 11.5 Å². The Hall–Kier alpha value is -1.00. The van der Waals surface area contributed by atoms with Crippen LogP contribution in [0.4, 0.5) is 0 Å². The van der Waals surface area contributed by atoms with Crippen molar-refractivity contribution in [2.24, 2.45) is 5.73 Å². The van der Waals surface area contributed by atoms with E-state index in [-0.39, 0.29) is 0 Å². The second-order valence-corrected chi connectivity index (χ2v) is 4.45. The van der Waals surface area contributed by atoms with Gasteiger partial charge in [-0.05, 0) is 30.7 Å².